The number of methoxy groups -OCH3 is 2. The van der Waals surface area contributed by atoms with Crippen LogP contribution in [0.3, 0.4) is 0 Å². The van der Waals surface area contributed by atoms with Crippen molar-refractivity contribution in [3.05, 3.63) is 50.7 Å². The molecule has 4 heterocycles. The van der Waals surface area contributed by atoms with Crippen LogP contribution in [-0.4, -0.2) is 194 Å². The van der Waals surface area contributed by atoms with Gasteiger partial charge < -0.3 is 73.5 Å². The van der Waals surface area contributed by atoms with E-state index in [4.69, 9.17) is 37.9 Å². The fourth-order valence-electron chi connectivity index (χ4n) is 12.1. The molecule has 22 nitrogen and oxygen atoms in total. The minimum Gasteiger partial charge on any atom is -0.477 e. The van der Waals surface area contributed by atoms with E-state index < -0.39 is 125 Å². The zero-order chi connectivity index (χ0) is 58.4. The lowest BCUT2D eigenvalue weighted by molar-refractivity contribution is -0.320. The number of likely N-dealkylation sites (N-methyl/N-ethyl adjacent to an activating group) is 1. The number of aliphatic hydroxyl groups is 3. The van der Waals surface area contributed by atoms with Crippen molar-refractivity contribution in [2.24, 2.45) is 28.8 Å². The molecule has 442 valence electrons. The van der Waals surface area contributed by atoms with Crippen molar-refractivity contribution in [2.45, 2.75) is 204 Å². The van der Waals surface area contributed by atoms with Crippen LogP contribution in [0.2, 0.25) is 0 Å². The van der Waals surface area contributed by atoms with Gasteiger partial charge in [-0.25, -0.2) is 4.79 Å². The molecule has 0 saturated carbocycles. The van der Waals surface area contributed by atoms with Gasteiger partial charge in [0, 0.05) is 70.7 Å². The molecule has 3 aliphatic rings. The fourth-order valence-corrected chi connectivity index (χ4v) is 12.1. The largest absolute Gasteiger partial charge is 0.477 e. The standard InChI is InChI=1S/C56H91N5O17/c1-17-41-56(10,69)48(65)32(4)44(58-70)30(2)27-54(8,71-15)49(78-53-46(64)40(59(11)12)25-31(3)73-53)33(5)47(34(6)52(68)75-41)77-43-28-55(9,72-16)50(35(7)74-43)76-42(62)22-24-57-23-18-19-36-20-21-39-37(26-36)45(63)38(51(66)67)29-61(39)60(13)14/h20-21,26,29-35,40-41,43-44,46-50,53,57,64-65,69H,17-19,22-25,27-28H2,1-16H3,(H,66,67)/t30-,31-,32?,33+,34-,35+,40+,41-,43+,44?,46-,47+,48-,49-,50+,53+,54-,55-,56-/m1/s1. The summed E-state index contributed by atoms with van der Waals surface area (Å²) in [6.07, 6.45) is -6.89. The van der Waals surface area contributed by atoms with E-state index in [1.165, 1.54) is 27.3 Å². The van der Waals surface area contributed by atoms with Crippen molar-refractivity contribution in [2.75, 3.05) is 60.5 Å². The number of hydrogen-bond acceptors (Lipinski definition) is 20. The first kappa shape index (κ1) is 64.6. The minimum absolute atomic E-state index is 0.0250. The smallest absolute Gasteiger partial charge is 0.341 e. The van der Waals surface area contributed by atoms with Gasteiger partial charge in [-0.2, -0.15) is 4.91 Å². The number of nitrogens with one attached hydrogen (secondary N) is 1. The number of carbonyl (C=O) groups excluding carboxylic acids is 2. The van der Waals surface area contributed by atoms with Crippen LogP contribution >= 0.6 is 0 Å². The molecule has 0 amide bonds. The monoisotopic (exact) mass is 1110 g/mol. The summed E-state index contributed by atoms with van der Waals surface area (Å²) in [7, 11) is 10.2. The second-order valence-electron chi connectivity index (χ2n) is 23.3. The van der Waals surface area contributed by atoms with E-state index in [0.29, 0.717) is 43.3 Å². The number of ether oxygens (including phenoxy) is 8. The van der Waals surface area contributed by atoms with Crippen molar-refractivity contribution < 1.29 is 72.7 Å². The zero-order valence-electron chi connectivity index (χ0n) is 48.8. The van der Waals surface area contributed by atoms with Crippen LogP contribution in [-0.2, 0) is 53.9 Å². The van der Waals surface area contributed by atoms with E-state index in [-0.39, 0.29) is 43.4 Å². The lowest BCUT2D eigenvalue weighted by Crippen LogP contribution is -2.62. The predicted octanol–water partition coefficient (Wildman–Crippen LogP) is 4.38. The number of fused-ring (bicyclic) bond motifs is 1. The number of aromatic nitrogens is 1. The van der Waals surface area contributed by atoms with Crippen molar-refractivity contribution in [3.63, 3.8) is 0 Å². The zero-order valence-corrected chi connectivity index (χ0v) is 48.8. The van der Waals surface area contributed by atoms with Crippen LogP contribution in [0.5, 0.6) is 0 Å². The van der Waals surface area contributed by atoms with E-state index in [9.17, 15) is 44.5 Å². The summed E-state index contributed by atoms with van der Waals surface area (Å²) in [5, 5.41) is 54.0. The molecule has 3 aliphatic heterocycles. The number of rotatable bonds is 19. The Morgan fingerprint density at radius 2 is 1.56 bits per heavy atom. The summed E-state index contributed by atoms with van der Waals surface area (Å²) < 4.78 is 53.1. The lowest BCUT2D eigenvalue weighted by atomic mass is 9.72. The van der Waals surface area contributed by atoms with Gasteiger partial charge in [-0.15, -0.1) is 0 Å². The number of carboxylic acid groups (broad SMARTS) is 1. The van der Waals surface area contributed by atoms with Gasteiger partial charge in [0.2, 0.25) is 5.43 Å². The van der Waals surface area contributed by atoms with E-state index in [0.717, 1.165) is 5.56 Å². The molecule has 5 rings (SSSR count). The first-order valence-corrected chi connectivity index (χ1v) is 27.5. The van der Waals surface area contributed by atoms with Crippen LogP contribution in [0.15, 0.2) is 34.4 Å². The summed E-state index contributed by atoms with van der Waals surface area (Å²) in [5.74, 6) is -5.94. The average molecular weight is 1110 g/mol. The second kappa shape index (κ2) is 27.0. The number of aromatic carboxylic acids is 1. The summed E-state index contributed by atoms with van der Waals surface area (Å²) in [6, 6.07) is 4.05. The number of nitroso groups, excluding NO2 is 1. The van der Waals surface area contributed by atoms with Gasteiger partial charge in [-0.1, -0.05) is 38.9 Å². The number of esters is 2. The van der Waals surface area contributed by atoms with Crippen LogP contribution in [0.4, 0.5) is 0 Å². The first-order valence-electron chi connectivity index (χ1n) is 27.5. The highest BCUT2D eigenvalue weighted by Crippen LogP contribution is 2.43. The third-order valence-electron chi connectivity index (χ3n) is 16.9. The maximum absolute atomic E-state index is 14.6. The third kappa shape index (κ3) is 14.5. The van der Waals surface area contributed by atoms with Crippen LogP contribution in [0.1, 0.15) is 124 Å². The highest BCUT2D eigenvalue weighted by atomic mass is 16.7. The second-order valence-corrected chi connectivity index (χ2v) is 23.3. The number of cyclic esters (lactones) is 1. The van der Waals surface area contributed by atoms with E-state index in [1.54, 1.807) is 77.5 Å². The SMILES string of the molecule is CC[C@H]1OC(=O)[C@H](C)[C@@H](O[C@H]2C[C@@](C)(OC)[C@@H](OC(=O)CCNCCCc3ccc4c(c3)c(=O)c(C(=O)O)cn4N(C)C)[C@H](C)O2)[C@H](C)[C@@H](O[C@@H]2O[C@H](C)C[C@H](N(C)C)[C@H]2O)[C@](C)(OC)C[C@@H](C)C(N=O)C(C)[C@@H](O)[C@]1(C)O. The highest BCUT2D eigenvalue weighted by molar-refractivity contribution is 5.92. The van der Waals surface area contributed by atoms with Gasteiger partial charge >= 0.3 is 17.9 Å². The van der Waals surface area contributed by atoms with Crippen LogP contribution in [0.25, 0.3) is 10.9 Å². The van der Waals surface area contributed by atoms with Crippen LogP contribution in [0, 0.1) is 28.6 Å². The number of aliphatic hydroxyl groups excluding tert-OH is 2. The average Bonchev–Trinajstić information content (AvgIpc) is 3.39. The molecule has 78 heavy (non-hydrogen) atoms. The molecule has 1 aromatic carbocycles. The third-order valence-corrected chi connectivity index (χ3v) is 16.9. The molecule has 19 atom stereocenters. The number of benzene rings is 1. The molecule has 3 fully saturated rings. The van der Waals surface area contributed by atoms with Crippen molar-refractivity contribution in [1.29, 1.82) is 0 Å². The maximum atomic E-state index is 14.6. The number of carboxylic acids is 1. The number of pyridine rings is 1. The fraction of sp³-hybridized carbons (Fsp3) is 0.786. The molecule has 3 saturated heterocycles. The molecular weight excluding hydrogens is 1010 g/mol. The molecule has 0 spiro atoms. The Labute approximate surface area is 459 Å². The topological polar surface area (TPSA) is 276 Å². The Morgan fingerprint density at radius 1 is 0.910 bits per heavy atom. The number of carbonyl (C=O) groups is 3. The Kier molecular flexibility index (Phi) is 22.4. The minimum atomic E-state index is -2.01. The molecule has 5 N–H and O–H groups in total. The summed E-state index contributed by atoms with van der Waals surface area (Å²) in [4.78, 5) is 67.7. The van der Waals surface area contributed by atoms with Crippen LogP contribution < -0.4 is 15.8 Å². The number of aryl methyl sites for hydroxylation is 1. The van der Waals surface area contributed by atoms with Gasteiger partial charge in [-0.05, 0) is 118 Å². The van der Waals surface area contributed by atoms with Crippen molar-refractivity contribution >= 4 is 28.8 Å². The van der Waals surface area contributed by atoms with Crippen molar-refractivity contribution in [3.8, 4) is 0 Å². The number of nitrogens with zero attached hydrogens (tertiary/aromatic N) is 4. The van der Waals surface area contributed by atoms with E-state index >= 15 is 0 Å². The van der Waals surface area contributed by atoms with Gasteiger partial charge in [-0.3, -0.25) is 19.1 Å². The Balaban J connectivity index is 1.36. The Bertz CT molecular complexity index is 2410. The van der Waals surface area contributed by atoms with Crippen molar-refractivity contribution in [1.82, 2.24) is 14.9 Å². The quantitative estimate of drug-likeness (QED) is 0.0742. The molecule has 22 heteroatoms. The Morgan fingerprint density at radius 3 is 2.15 bits per heavy atom. The van der Waals surface area contributed by atoms with Gasteiger partial charge in [0.25, 0.3) is 0 Å². The first-order chi connectivity index (χ1) is 36.5. The molecule has 0 bridgehead atoms. The summed E-state index contributed by atoms with van der Waals surface area (Å²) >= 11 is 0. The van der Waals surface area contributed by atoms with Gasteiger partial charge in [0.1, 0.15) is 29.0 Å². The highest BCUT2D eigenvalue weighted by Gasteiger charge is 2.55. The molecule has 0 aliphatic carbocycles. The Hall–Kier alpha value is -4.20. The number of hydrogen-bond donors (Lipinski definition) is 5. The maximum Gasteiger partial charge on any atom is 0.341 e. The van der Waals surface area contributed by atoms with Gasteiger partial charge in [0.15, 0.2) is 18.7 Å². The normalized spacial score (nSPS) is 37.4. The molecule has 0 radical (unpaired) electrons. The van der Waals surface area contributed by atoms with E-state index in [2.05, 4.69) is 10.5 Å². The predicted molar refractivity (Wildman–Crippen MR) is 291 cm³/mol. The molecule has 1 aromatic heterocycles. The molecular formula is C56H91N5O17. The summed E-state index contributed by atoms with van der Waals surface area (Å²) in [6.45, 7) is 18.1. The van der Waals surface area contributed by atoms with Gasteiger partial charge in [0.05, 0.1) is 60.0 Å². The summed E-state index contributed by atoms with van der Waals surface area (Å²) in [5.41, 5.74) is -3.90. The molecule has 2 unspecified atom stereocenters. The lowest BCUT2D eigenvalue weighted by Gasteiger charge is -2.50. The molecule has 2 aromatic rings. The van der Waals surface area contributed by atoms with E-state index in [1.807, 2.05) is 45.8 Å².